The third kappa shape index (κ3) is 4.89. The van der Waals surface area contributed by atoms with Gasteiger partial charge < -0.3 is 14.6 Å². The molecule has 1 amide bonds. The van der Waals surface area contributed by atoms with Gasteiger partial charge >= 0.3 is 0 Å². The molecule has 0 saturated carbocycles. The quantitative estimate of drug-likeness (QED) is 0.872. The lowest BCUT2D eigenvalue weighted by Crippen LogP contribution is -3.10. The molecule has 1 aromatic carbocycles. The maximum Gasteiger partial charge on any atom is 0.275 e. The van der Waals surface area contributed by atoms with Crippen LogP contribution in [-0.2, 0) is 4.79 Å². The number of nitrogens with zero attached hydrogens (tertiary/aromatic N) is 2. The molecule has 24 heavy (non-hydrogen) atoms. The Morgan fingerprint density at radius 1 is 1.33 bits per heavy atom. The van der Waals surface area contributed by atoms with Gasteiger partial charge in [-0.1, -0.05) is 17.7 Å². The molecule has 0 aliphatic rings. The van der Waals surface area contributed by atoms with Crippen LogP contribution in [0.15, 0.2) is 28.7 Å². The summed E-state index contributed by atoms with van der Waals surface area (Å²) < 4.78 is 5.82. The van der Waals surface area contributed by atoms with Crippen LogP contribution < -0.4 is 10.2 Å². The first-order valence-electron chi connectivity index (χ1n) is 8.19. The van der Waals surface area contributed by atoms with E-state index in [0.29, 0.717) is 18.3 Å². The summed E-state index contributed by atoms with van der Waals surface area (Å²) in [5, 5.41) is 11.3. The second kappa shape index (κ2) is 7.13. The van der Waals surface area contributed by atoms with E-state index < -0.39 is 0 Å². The topological polar surface area (TPSA) is 72.5 Å². The largest absolute Gasteiger partial charge is 0.415 e. The van der Waals surface area contributed by atoms with Gasteiger partial charge in [-0.05, 0) is 46.8 Å². The lowest BCUT2D eigenvalue weighted by atomic mass is 10.1. The normalized spacial score (nSPS) is 14.2. The fraction of sp³-hybridized carbons (Fsp3) is 0.500. The molecule has 0 bridgehead atoms. The number of aromatic nitrogens is 2. The van der Waals surface area contributed by atoms with E-state index in [9.17, 15) is 4.79 Å². The molecule has 2 aromatic rings. The zero-order chi connectivity index (χ0) is 17.9. The maximum absolute atomic E-state index is 12.1. The summed E-state index contributed by atoms with van der Waals surface area (Å²) in [5.41, 5.74) is 1.81. The van der Waals surface area contributed by atoms with Gasteiger partial charge in [0.2, 0.25) is 5.89 Å². The average molecular weight is 331 g/mol. The van der Waals surface area contributed by atoms with Crippen molar-refractivity contribution in [2.45, 2.75) is 46.2 Å². The van der Waals surface area contributed by atoms with Crippen molar-refractivity contribution in [3.8, 4) is 11.5 Å². The summed E-state index contributed by atoms with van der Waals surface area (Å²) in [6, 6.07) is 7.88. The van der Waals surface area contributed by atoms with E-state index >= 15 is 0 Å². The van der Waals surface area contributed by atoms with Crippen molar-refractivity contribution >= 4 is 5.91 Å². The van der Waals surface area contributed by atoms with Crippen LogP contribution >= 0.6 is 0 Å². The van der Waals surface area contributed by atoms with Crippen LogP contribution in [0.25, 0.3) is 11.5 Å². The molecule has 0 spiro atoms. The molecule has 6 heteroatoms. The number of rotatable bonds is 5. The van der Waals surface area contributed by atoms with Crippen LogP contribution in [0.1, 0.15) is 45.2 Å². The van der Waals surface area contributed by atoms with E-state index in [-0.39, 0.29) is 17.5 Å². The summed E-state index contributed by atoms with van der Waals surface area (Å²) in [6.07, 6.45) is 0. The van der Waals surface area contributed by atoms with E-state index in [1.165, 1.54) is 0 Å². The minimum absolute atomic E-state index is 0.00488. The fourth-order valence-corrected chi connectivity index (χ4v) is 2.38. The molecule has 0 aliphatic heterocycles. The van der Waals surface area contributed by atoms with Gasteiger partial charge in [0.05, 0.1) is 7.05 Å². The van der Waals surface area contributed by atoms with Gasteiger partial charge in [0.25, 0.3) is 11.8 Å². The highest BCUT2D eigenvalue weighted by atomic mass is 16.4. The number of carbonyl (C=O) groups is 1. The zero-order valence-corrected chi connectivity index (χ0v) is 15.3. The van der Waals surface area contributed by atoms with Gasteiger partial charge in [0, 0.05) is 11.1 Å². The standard InChI is InChI=1S/C18H26N4O2/c1-12-8-7-9-14(10-12)17-21-20-16(24-17)13(2)22(6)11-15(23)19-18(3,4)5/h7-10,13H,11H2,1-6H3,(H,19,23)/p+1/t13-/m0/s1. The molecule has 2 rings (SSSR count). The molecule has 0 aliphatic carbocycles. The Balaban J connectivity index is 2.05. The highest BCUT2D eigenvalue weighted by Crippen LogP contribution is 2.20. The fourth-order valence-electron chi connectivity index (χ4n) is 2.38. The Kier molecular flexibility index (Phi) is 5.39. The molecule has 1 aromatic heterocycles. The number of benzene rings is 1. The molecule has 1 heterocycles. The summed E-state index contributed by atoms with van der Waals surface area (Å²) in [5.74, 6) is 1.05. The van der Waals surface area contributed by atoms with E-state index in [2.05, 4.69) is 15.5 Å². The van der Waals surface area contributed by atoms with Crippen LogP contribution in [0.4, 0.5) is 0 Å². The maximum atomic E-state index is 12.1. The Morgan fingerprint density at radius 2 is 2.04 bits per heavy atom. The number of amides is 1. The minimum Gasteiger partial charge on any atom is -0.415 e. The van der Waals surface area contributed by atoms with E-state index in [1.54, 1.807) is 0 Å². The molecular weight excluding hydrogens is 304 g/mol. The number of hydrogen-bond donors (Lipinski definition) is 2. The molecule has 6 nitrogen and oxygen atoms in total. The molecule has 2 N–H and O–H groups in total. The molecule has 2 atom stereocenters. The van der Waals surface area contributed by atoms with E-state index in [4.69, 9.17) is 4.42 Å². The molecule has 130 valence electrons. The van der Waals surface area contributed by atoms with Crippen molar-refractivity contribution in [2.24, 2.45) is 0 Å². The average Bonchev–Trinajstić information content (AvgIpc) is 2.94. The zero-order valence-electron chi connectivity index (χ0n) is 15.3. The number of carbonyl (C=O) groups excluding carboxylic acids is 1. The lowest BCUT2D eigenvalue weighted by molar-refractivity contribution is -0.903. The second-order valence-corrected chi connectivity index (χ2v) is 7.36. The summed E-state index contributed by atoms with van der Waals surface area (Å²) >= 11 is 0. The number of likely N-dealkylation sites (N-methyl/N-ethyl adjacent to an activating group) is 1. The van der Waals surface area contributed by atoms with Gasteiger partial charge in [-0.2, -0.15) is 0 Å². The number of hydrogen-bond acceptors (Lipinski definition) is 4. The molecule has 1 unspecified atom stereocenters. The predicted molar refractivity (Wildman–Crippen MR) is 92.5 cm³/mol. The minimum atomic E-state index is -0.233. The predicted octanol–water partition coefficient (Wildman–Crippen LogP) is 1.54. The first-order valence-corrected chi connectivity index (χ1v) is 8.19. The molecule has 0 radical (unpaired) electrons. The van der Waals surface area contributed by atoms with Crippen LogP contribution in [0.3, 0.4) is 0 Å². The van der Waals surface area contributed by atoms with Gasteiger partial charge in [-0.25, -0.2) is 0 Å². The third-order valence-corrected chi connectivity index (χ3v) is 3.77. The Morgan fingerprint density at radius 3 is 2.67 bits per heavy atom. The van der Waals surface area contributed by atoms with Crippen LogP contribution in [0.2, 0.25) is 0 Å². The Hall–Kier alpha value is -2.21. The molecular formula is C18H27N4O2+. The lowest BCUT2D eigenvalue weighted by Gasteiger charge is -2.23. The van der Waals surface area contributed by atoms with Gasteiger partial charge in [-0.3, -0.25) is 4.79 Å². The van der Waals surface area contributed by atoms with E-state index in [1.807, 2.05) is 65.9 Å². The number of aryl methyl sites for hydroxylation is 1. The summed E-state index contributed by atoms with van der Waals surface area (Å²) in [4.78, 5) is 13.1. The van der Waals surface area contributed by atoms with Gasteiger partial charge in [-0.15, -0.1) is 10.2 Å². The SMILES string of the molecule is Cc1cccc(-c2nnc([C@H](C)[NH+](C)CC(=O)NC(C)(C)C)o2)c1. The van der Waals surface area contributed by atoms with Crippen LogP contribution in [0, 0.1) is 6.92 Å². The third-order valence-electron chi connectivity index (χ3n) is 3.77. The first kappa shape index (κ1) is 18.1. The Bertz CT molecular complexity index is 703. The monoisotopic (exact) mass is 331 g/mol. The van der Waals surface area contributed by atoms with Gasteiger partial charge in [0.15, 0.2) is 12.6 Å². The highest BCUT2D eigenvalue weighted by Gasteiger charge is 2.25. The molecule has 0 fully saturated rings. The second-order valence-electron chi connectivity index (χ2n) is 7.36. The Labute approximate surface area is 143 Å². The number of quaternary nitrogens is 1. The summed E-state index contributed by atoms with van der Waals surface area (Å²) in [6.45, 7) is 10.3. The first-order chi connectivity index (χ1) is 11.2. The van der Waals surface area contributed by atoms with Crippen LogP contribution in [-0.4, -0.2) is 35.2 Å². The number of nitrogens with one attached hydrogen (secondary N) is 2. The van der Waals surface area contributed by atoms with Crippen molar-refractivity contribution in [3.63, 3.8) is 0 Å². The van der Waals surface area contributed by atoms with E-state index in [0.717, 1.165) is 16.0 Å². The molecule has 0 saturated heterocycles. The van der Waals surface area contributed by atoms with Crippen molar-refractivity contribution in [1.82, 2.24) is 15.5 Å². The van der Waals surface area contributed by atoms with Crippen LogP contribution in [0.5, 0.6) is 0 Å². The van der Waals surface area contributed by atoms with Gasteiger partial charge in [0.1, 0.15) is 0 Å². The highest BCUT2D eigenvalue weighted by molar-refractivity contribution is 5.77. The van der Waals surface area contributed by atoms with Crippen molar-refractivity contribution < 1.29 is 14.1 Å². The van der Waals surface area contributed by atoms with Crippen molar-refractivity contribution in [1.29, 1.82) is 0 Å². The smallest absolute Gasteiger partial charge is 0.275 e. The van der Waals surface area contributed by atoms with Crippen molar-refractivity contribution in [3.05, 3.63) is 35.7 Å². The van der Waals surface area contributed by atoms with Crippen molar-refractivity contribution in [2.75, 3.05) is 13.6 Å². The summed E-state index contributed by atoms with van der Waals surface area (Å²) in [7, 11) is 1.95.